The molecule has 0 radical (unpaired) electrons. The fourth-order valence-corrected chi connectivity index (χ4v) is 3.95. The van der Waals surface area contributed by atoms with Crippen molar-refractivity contribution < 1.29 is 19.0 Å². The van der Waals surface area contributed by atoms with E-state index in [0.717, 1.165) is 37.4 Å². The number of ether oxygens (including phenoxy) is 3. The summed E-state index contributed by atoms with van der Waals surface area (Å²) in [5.74, 6) is 0.491. The van der Waals surface area contributed by atoms with Gasteiger partial charge < -0.3 is 24.0 Å². The first-order chi connectivity index (χ1) is 12.9. The Balaban J connectivity index is 1.43. The van der Waals surface area contributed by atoms with Crippen LogP contribution in [-0.2, 0) is 27.1 Å². The molecule has 1 spiro atoms. The van der Waals surface area contributed by atoms with Crippen LogP contribution in [-0.4, -0.2) is 71.7 Å². The number of rotatable bonds is 1. The minimum Gasteiger partial charge on any atom is -0.444 e. The highest BCUT2D eigenvalue weighted by atomic mass is 16.7. The second-order valence-corrected chi connectivity index (χ2v) is 8.36. The summed E-state index contributed by atoms with van der Waals surface area (Å²) < 4.78 is 17.2. The molecule has 1 amide bonds. The quantitative estimate of drug-likeness (QED) is 0.739. The molecule has 0 N–H and O–H groups in total. The molecule has 8 heteroatoms. The minimum absolute atomic E-state index is 0.246. The number of carbonyl (C=O) groups excluding carboxylic acids is 1. The molecule has 8 nitrogen and oxygen atoms in total. The fourth-order valence-electron chi connectivity index (χ4n) is 3.95. The Morgan fingerprint density at radius 1 is 1.15 bits per heavy atom. The second-order valence-electron chi connectivity index (χ2n) is 8.36. The van der Waals surface area contributed by atoms with E-state index >= 15 is 0 Å². The third-order valence-corrected chi connectivity index (χ3v) is 5.25. The number of piperazine rings is 1. The molecule has 0 saturated carbocycles. The molecule has 27 heavy (non-hydrogen) atoms. The molecule has 0 unspecified atom stereocenters. The van der Waals surface area contributed by atoms with Crippen LogP contribution in [0.2, 0.25) is 0 Å². The number of nitrogens with zero attached hydrogens (tertiary/aromatic N) is 4. The zero-order chi connectivity index (χ0) is 19.1. The van der Waals surface area contributed by atoms with Crippen molar-refractivity contribution in [1.82, 2.24) is 14.9 Å². The van der Waals surface area contributed by atoms with Gasteiger partial charge in [0.2, 0.25) is 0 Å². The van der Waals surface area contributed by atoms with Gasteiger partial charge in [0.1, 0.15) is 17.7 Å². The molecule has 2 aliphatic heterocycles. The summed E-state index contributed by atoms with van der Waals surface area (Å²) in [5.41, 5.74) is 1.73. The summed E-state index contributed by atoms with van der Waals surface area (Å²) in [7, 11) is 0. The van der Waals surface area contributed by atoms with Crippen molar-refractivity contribution in [3.05, 3.63) is 17.6 Å². The predicted octanol–water partition coefficient (Wildman–Crippen LogP) is 1.77. The Bertz CT molecular complexity index is 704. The monoisotopic (exact) mass is 376 g/mol. The van der Waals surface area contributed by atoms with Crippen molar-refractivity contribution >= 4 is 11.9 Å². The molecule has 0 aromatic carbocycles. The van der Waals surface area contributed by atoms with Gasteiger partial charge in [-0.2, -0.15) is 0 Å². The van der Waals surface area contributed by atoms with Crippen molar-refractivity contribution in [1.29, 1.82) is 0 Å². The third kappa shape index (κ3) is 3.87. The van der Waals surface area contributed by atoms with Gasteiger partial charge in [0.05, 0.1) is 18.9 Å². The first-order valence-electron chi connectivity index (χ1n) is 9.69. The molecule has 3 heterocycles. The van der Waals surface area contributed by atoms with Gasteiger partial charge >= 0.3 is 6.09 Å². The molecule has 2 fully saturated rings. The normalized spacial score (nSPS) is 22.0. The first kappa shape index (κ1) is 18.4. The van der Waals surface area contributed by atoms with E-state index in [2.05, 4.69) is 14.9 Å². The lowest BCUT2D eigenvalue weighted by Gasteiger charge is -2.38. The van der Waals surface area contributed by atoms with E-state index in [1.807, 2.05) is 20.8 Å². The van der Waals surface area contributed by atoms with Crippen LogP contribution in [0.25, 0.3) is 0 Å². The maximum absolute atomic E-state index is 12.3. The lowest BCUT2D eigenvalue weighted by Crippen LogP contribution is -2.50. The maximum Gasteiger partial charge on any atom is 0.410 e. The SMILES string of the molecule is CC(C)(C)OC(=O)N1CCN(c2ncnc3c2CCC2(C3)OCCO2)CC1. The average Bonchev–Trinajstić information content (AvgIpc) is 3.07. The summed E-state index contributed by atoms with van der Waals surface area (Å²) in [5, 5.41) is 0. The summed E-state index contributed by atoms with van der Waals surface area (Å²) >= 11 is 0. The van der Waals surface area contributed by atoms with E-state index < -0.39 is 11.4 Å². The third-order valence-electron chi connectivity index (χ3n) is 5.25. The Morgan fingerprint density at radius 2 is 1.85 bits per heavy atom. The standard InChI is InChI=1S/C19H28N4O4/c1-18(2,3)27-17(24)23-8-6-22(7-9-23)16-14-4-5-19(25-10-11-26-19)12-15(14)20-13-21-16/h13H,4-12H2,1-3H3. The Labute approximate surface area is 159 Å². The lowest BCUT2D eigenvalue weighted by molar-refractivity contribution is -0.164. The second kappa shape index (κ2) is 6.91. The number of carbonyl (C=O) groups is 1. The van der Waals surface area contributed by atoms with E-state index in [9.17, 15) is 4.79 Å². The van der Waals surface area contributed by atoms with Crippen molar-refractivity contribution in [3.8, 4) is 0 Å². The number of amides is 1. The van der Waals surface area contributed by atoms with E-state index in [1.54, 1.807) is 11.2 Å². The molecular weight excluding hydrogens is 348 g/mol. The molecule has 1 aromatic rings. The molecule has 4 rings (SSSR count). The number of anilines is 1. The van der Waals surface area contributed by atoms with Crippen molar-refractivity contribution in [2.75, 3.05) is 44.3 Å². The number of hydrogen-bond acceptors (Lipinski definition) is 7. The van der Waals surface area contributed by atoms with Gasteiger partial charge in [-0.25, -0.2) is 14.8 Å². The van der Waals surface area contributed by atoms with Gasteiger partial charge in [-0.15, -0.1) is 0 Å². The highest BCUT2D eigenvalue weighted by Crippen LogP contribution is 2.37. The van der Waals surface area contributed by atoms with E-state index in [4.69, 9.17) is 14.2 Å². The zero-order valence-electron chi connectivity index (χ0n) is 16.4. The maximum atomic E-state index is 12.3. The molecule has 2 saturated heterocycles. The number of fused-ring (bicyclic) bond motifs is 1. The van der Waals surface area contributed by atoms with Crippen molar-refractivity contribution in [2.24, 2.45) is 0 Å². The highest BCUT2D eigenvalue weighted by Gasteiger charge is 2.41. The molecule has 3 aliphatic rings. The minimum atomic E-state index is -0.492. The summed E-state index contributed by atoms with van der Waals surface area (Å²) in [6.07, 6.45) is 3.73. The predicted molar refractivity (Wildman–Crippen MR) is 98.7 cm³/mol. The molecule has 0 bridgehead atoms. The highest BCUT2D eigenvalue weighted by molar-refractivity contribution is 5.68. The van der Waals surface area contributed by atoms with Crippen LogP contribution in [0.3, 0.4) is 0 Å². The van der Waals surface area contributed by atoms with Crippen molar-refractivity contribution in [3.63, 3.8) is 0 Å². The van der Waals surface area contributed by atoms with Gasteiger partial charge in [-0.1, -0.05) is 0 Å². The van der Waals surface area contributed by atoms with Crippen LogP contribution < -0.4 is 4.90 Å². The van der Waals surface area contributed by atoms with Crippen molar-refractivity contribution in [2.45, 2.75) is 51.4 Å². The van der Waals surface area contributed by atoms with E-state index in [0.29, 0.717) is 32.7 Å². The topological polar surface area (TPSA) is 77.0 Å². The molecule has 1 aromatic heterocycles. The summed E-state index contributed by atoms with van der Waals surface area (Å²) in [6, 6.07) is 0. The molecular formula is C19H28N4O4. The van der Waals surface area contributed by atoms with Gasteiger partial charge in [0.25, 0.3) is 0 Å². The Morgan fingerprint density at radius 3 is 2.52 bits per heavy atom. The lowest BCUT2D eigenvalue weighted by atomic mass is 9.90. The van der Waals surface area contributed by atoms with Crippen LogP contribution in [0.4, 0.5) is 10.6 Å². The van der Waals surface area contributed by atoms with Gasteiger partial charge in [-0.05, 0) is 27.2 Å². The van der Waals surface area contributed by atoms with Crippen LogP contribution in [0, 0.1) is 0 Å². The summed E-state index contributed by atoms with van der Waals surface area (Å²) in [6.45, 7) is 9.70. The van der Waals surface area contributed by atoms with E-state index in [-0.39, 0.29) is 6.09 Å². The fraction of sp³-hybridized carbons (Fsp3) is 0.737. The molecule has 148 valence electrons. The van der Waals surface area contributed by atoms with Crippen LogP contribution in [0.15, 0.2) is 6.33 Å². The summed E-state index contributed by atoms with van der Waals surface area (Å²) in [4.78, 5) is 25.3. The Hall–Kier alpha value is -1.93. The molecule has 1 aliphatic carbocycles. The largest absolute Gasteiger partial charge is 0.444 e. The Kier molecular flexibility index (Phi) is 4.71. The van der Waals surface area contributed by atoms with Gasteiger partial charge in [0.15, 0.2) is 5.79 Å². The zero-order valence-corrected chi connectivity index (χ0v) is 16.4. The number of aromatic nitrogens is 2. The average molecular weight is 376 g/mol. The first-order valence-corrected chi connectivity index (χ1v) is 9.69. The number of hydrogen-bond donors (Lipinski definition) is 0. The van der Waals surface area contributed by atoms with Crippen LogP contribution in [0.1, 0.15) is 38.4 Å². The smallest absolute Gasteiger partial charge is 0.410 e. The van der Waals surface area contributed by atoms with E-state index in [1.165, 1.54) is 5.56 Å². The van der Waals surface area contributed by atoms with Gasteiger partial charge in [0, 0.05) is 44.6 Å². The van der Waals surface area contributed by atoms with Crippen LogP contribution in [0.5, 0.6) is 0 Å². The molecule has 0 atom stereocenters. The van der Waals surface area contributed by atoms with Crippen LogP contribution >= 0.6 is 0 Å². The van der Waals surface area contributed by atoms with Gasteiger partial charge in [-0.3, -0.25) is 0 Å².